The Hall–Kier alpha value is -2.10. The van der Waals surface area contributed by atoms with Crippen molar-refractivity contribution < 1.29 is 43.0 Å². The van der Waals surface area contributed by atoms with Crippen molar-refractivity contribution >= 4 is 13.8 Å². The Kier molecular flexibility index (Phi) is 46.7. The van der Waals surface area contributed by atoms with Crippen LogP contribution in [0.3, 0.4) is 0 Å². The highest BCUT2D eigenvalue weighted by Gasteiger charge is 2.26. The Bertz CT molecular complexity index is 1190. The van der Waals surface area contributed by atoms with Crippen molar-refractivity contribution in [2.75, 3.05) is 33.0 Å². The van der Waals surface area contributed by atoms with Crippen molar-refractivity contribution in [3.8, 4) is 0 Å². The Morgan fingerprint density at radius 2 is 0.903 bits per heavy atom. The molecule has 0 aliphatic rings. The van der Waals surface area contributed by atoms with Crippen LogP contribution in [-0.2, 0) is 27.9 Å². The van der Waals surface area contributed by atoms with Gasteiger partial charge in [0, 0.05) is 13.0 Å². The summed E-state index contributed by atoms with van der Waals surface area (Å²) in [5.41, 5.74) is 0. The van der Waals surface area contributed by atoms with Gasteiger partial charge in [-0.25, -0.2) is 4.57 Å². The molecule has 0 heterocycles. The molecule has 0 aromatic heterocycles. The molecule has 0 aliphatic carbocycles. The van der Waals surface area contributed by atoms with Crippen molar-refractivity contribution in [3.63, 3.8) is 0 Å². The minimum Gasteiger partial charge on any atom is -0.457 e. The van der Waals surface area contributed by atoms with Gasteiger partial charge in [0.15, 0.2) is 0 Å². The topological polar surface area (TPSA) is 132 Å². The number of rotatable bonds is 47. The second-order valence-corrected chi connectivity index (χ2v) is 17.9. The second kappa shape index (κ2) is 48.4. The number of phosphoric ester groups is 1. The number of phosphoric acid groups is 1. The fraction of sp³-hybridized carbons (Fsp3) is 0.750. The molecule has 0 amide bonds. The molecule has 3 atom stereocenters. The lowest BCUT2D eigenvalue weighted by atomic mass is 10.0. The van der Waals surface area contributed by atoms with Gasteiger partial charge in [-0.2, -0.15) is 0 Å². The maximum atomic E-state index is 12.7. The predicted octanol–water partition coefficient (Wildman–Crippen LogP) is 14.5. The quantitative estimate of drug-likeness (QED) is 0.0236. The number of hydrogen-bond acceptors (Lipinski definition) is 8. The third-order valence-corrected chi connectivity index (χ3v) is 11.4. The number of carbonyl (C=O) groups excluding carboxylic acids is 1. The van der Waals surface area contributed by atoms with Gasteiger partial charge in [0.2, 0.25) is 0 Å². The number of hydrogen-bond donors (Lipinski definition) is 3. The zero-order valence-electron chi connectivity index (χ0n) is 39.6. The Morgan fingerprint density at radius 3 is 1.32 bits per heavy atom. The highest BCUT2D eigenvalue weighted by Crippen LogP contribution is 2.43. The van der Waals surface area contributed by atoms with Crippen LogP contribution in [0.25, 0.3) is 0 Å². The largest absolute Gasteiger partial charge is 0.472 e. The van der Waals surface area contributed by atoms with Crippen LogP contribution in [0.5, 0.6) is 0 Å². The van der Waals surface area contributed by atoms with Gasteiger partial charge < -0.3 is 24.6 Å². The molecule has 0 rings (SSSR count). The van der Waals surface area contributed by atoms with E-state index in [2.05, 4.69) is 86.8 Å². The number of carbonyl (C=O) groups is 1. The van der Waals surface area contributed by atoms with E-state index in [1.54, 1.807) is 0 Å². The summed E-state index contributed by atoms with van der Waals surface area (Å²) in [6, 6.07) is 0. The second-order valence-electron chi connectivity index (χ2n) is 16.5. The van der Waals surface area contributed by atoms with Crippen molar-refractivity contribution in [2.45, 2.75) is 219 Å². The van der Waals surface area contributed by atoms with Gasteiger partial charge in [-0.3, -0.25) is 13.8 Å². The smallest absolute Gasteiger partial charge is 0.457 e. The van der Waals surface area contributed by atoms with Gasteiger partial charge >= 0.3 is 13.8 Å². The first-order valence-electron chi connectivity index (χ1n) is 24.9. The summed E-state index contributed by atoms with van der Waals surface area (Å²) in [6.07, 6.45) is 58.8. The Labute approximate surface area is 380 Å². The third kappa shape index (κ3) is 47.4. The first-order valence-corrected chi connectivity index (χ1v) is 26.4. The molecule has 0 saturated heterocycles. The first-order chi connectivity index (χ1) is 30.3. The van der Waals surface area contributed by atoms with Crippen molar-refractivity contribution in [3.05, 3.63) is 72.9 Å². The molecule has 3 unspecified atom stereocenters. The van der Waals surface area contributed by atoms with Crippen LogP contribution >= 0.6 is 7.82 Å². The lowest BCUT2D eigenvalue weighted by molar-refractivity contribution is -0.154. The molecule has 62 heavy (non-hydrogen) atoms. The van der Waals surface area contributed by atoms with Crippen LogP contribution < -0.4 is 0 Å². The van der Waals surface area contributed by atoms with E-state index in [1.807, 2.05) is 0 Å². The van der Waals surface area contributed by atoms with Crippen LogP contribution in [0.15, 0.2) is 72.9 Å². The number of unbranched alkanes of at least 4 members (excludes halogenated alkanes) is 21. The zero-order valence-corrected chi connectivity index (χ0v) is 40.5. The number of esters is 1. The van der Waals surface area contributed by atoms with Crippen LogP contribution in [-0.4, -0.2) is 66.3 Å². The fourth-order valence-corrected chi connectivity index (χ4v) is 7.46. The van der Waals surface area contributed by atoms with E-state index in [-0.39, 0.29) is 13.0 Å². The average molecular weight is 893 g/mol. The molecule has 3 N–H and O–H groups in total. The lowest BCUT2D eigenvalue weighted by Gasteiger charge is -2.20. The van der Waals surface area contributed by atoms with Crippen molar-refractivity contribution in [2.24, 2.45) is 0 Å². The van der Waals surface area contributed by atoms with Crippen molar-refractivity contribution in [1.29, 1.82) is 0 Å². The first kappa shape index (κ1) is 59.9. The summed E-state index contributed by atoms with van der Waals surface area (Å²) in [4.78, 5) is 22.7. The van der Waals surface area contributed by atoms with Gasteiger partial charge in [-0.15, -0.1) is 0 Å². The molecule has 0 fully saturated rings. The maximum Gasteiger partial charge on any atom is 0.472 e. The molecule has 360 valence electrons. The van der Waals surface area contributed by atoms with Crippen LogP contribution in [0, 0.1) is 0 Å². The van der Waals surface area contributed by atoms with E-state index in [9.17, 15) is 19.4 Å². The summed E-state index contributed by atoms with van der Waals surface area (Å²) < 4.78 is 33.4. The van der Waals surface area contributed by atoms with E-state index in [1.165, 1.54) is 116 Å². The molecule has 10 heteroatoms. The van der Waals surface area contributed by atoms with Crippen LogP contribution in [0.4, 0.5) is 0 Å². The van der Waals surface area contributed by atoms with Crippen molar-refractivity contribution in [1.82, 2.24) is 0 Å². The Morgan fingerprint density at radius 1 is 0.516 bits per heavy atom. The van der Waals surface area contributed by atoms with Gasteiger partial charge in [0.05, 0.1) is 26.4 Å². The van der Waals surface area contributed by atoms with Gasteiger partial charge in [-0.1, -0.05) is 215 Å². The number of allylic oxidation sites excluding steroid dienone is 12. The van der Waals surface area contributed by atoms with E-state index in [0.29, 0.717) is 6.61 Å². The summed E-state index contributed by atoms with van der Waals surface area (Å²) >= 11 is 0. The molecular formula is C52H93O9P. The van der Waals surface area contributed by atoms with E-state index in [4.69, 9.17) is 23.6 Å². The highest BCUT2D eigenvalue weighted by atomic mass is 31.2. The average Bonchev–Trinajstić information content (AvgIpc) is 3.26. The van der Waals surface area contributed by atoms with E-state index >= 15 is 0 Å². The highest BCUT2D eigenvalue weighted by molar-refractivity contribution is 7.47. The third-order valence-electron chi connectivity index (χ3n) is 10.4. The molecule has 0 aromatic rings. The standard InChI is InChI=1S/C52H93O9P/c1-3-5-7-9-11-13-15-17-19-21-23-25-26-28-30-32-34-36-38-40-42-44-52(55)61-51(49-60-62(56,57)59-47-50(54)46-53)48-58-45-43-41-39-37-35-33-31-29-27-24-22-20-18-16-14-12-10-8-6-4-2/h6,8,12,14,18,20,24,27,31,33,37,39,50-51,53-54H,3-5,7,9-11,13,15-17,19,21-23,25-26,28-30,32,34-36,38,40-49H2,1-2H3,(H,56,57)/b8-6-,14-12-,20-18-,27-24-,33-31-,39-37-. The molecule has 9 nitrogen and oxygen atoms in total. The molecule has 0 aromatic carbocycles. The number of ether oxygens (including phenoxy) is 2. The minimum atomic E-state index is -4.54. The lowest BCUT2D eigenvalue weighted by Crippen LogP contribution is -2.29. The molecule has 0 aliphatic heterocycles. The molecule has 0 saturated carbocycles. The fourth-order valence-electron chi connectivity index (χ4n) is 6.67. The number of aliphatic hydroxyl groups excluding tert-OH is 2. The summed E-state index contributed by atoms with van der Waals surface area (Å²) in [5.74, 6) is -0.401. The normalized spacial score (nSPS) is 14.5. The van der Waals surface area contributed by atoms with Crippen LogP contribution in [0.1, 0.15) is 206 Å². The SMILES string of the molecule is CC/C=C\C/C=C\C/C=C\C/C=C\C/C=C\C/C=C\CCCOCC(COP(=O)(O)OCC(O)CO)OC(=O)CCCCCCCCCCCCCCCCCCCCCCC. The van der Waals surface area contributed by atoms with E-state index < -0.39 is 45.8 Å². The van der Waals surface area contributed by atoms with E-state index in [0.717, 1.165) is 70.6 Å². The van der Waals surface area contributed by atoms with Gasteiger partial charge in [-0.05, 0) is 57.8 Å². The monoisotopic (exact) mass is 893 g/mol. The van der Waals surface area contributed by atoms with Gasteiger partial charge in [0.25, 0.3) is 0 Å². The van der Waals surface area contributed by atoms with Crippen LogP contribution in [0.2, 0.25) is 0 Å². The predicted molar refractivity (Wildman–Crippen MR) is 260 cm³/mol. The molecule has 0 bridgehead atoms. The van der Waals surface area contributed by atoms with Gasteiger partial charge in [0.1, 0.15) is 12.2 Å². The maximum absolute atomic E-state index is 12.7. The summed E-state index contributed by atoms with van der Waals surface area (Å²) in [6.45, 7) is 3.27. The minimum absolute atomic E-state index is 0.00800. The summed E-state index contributed by atoms with van der Waals surface area (Å²) in [5, 5.41) is 18.4. The molecule has 0 spiro atoms. The number of aliphatic hydroxyl groups is 2. The molecular weight excluding hydrogens is 800 g/mol. The zero-order chi connectivity index (χ0) is 45.3. The summed E-state index contributed by atoms with van der Waals surface area (Å²) in [7, 11) is -4.54. The Balaban J connectivity index is 4.18. The molecule has 0 radical (unpaired) electrons.